The number of nitrogens with zero attached hydrogens (tertiary/aromatic N) is 1. The van der Waals surface area contributed by atoms with Crippen LogP contribution < -0.4 is 5.73 Å². The average Bonchev–Trinajstić information content (AvgIpc) is 2.92. The van der Waals surface area contributed by atoms with Crippen molar-refractivity contribution in [2.24, 2.45) is 17.6 Å². The van der Waals surface area contributed by atoms with Crippen LogP contribution in [0.4, 0.5) is 0 Å². The highest BCUT2D eigenvalue weighted by Crippen LogP contribution is 2.33. The van der Waals surface area contributed by atoms with Crippen molar-refractivity contribution in [3.8, 4) is 0 Å². The second-order valence-electron chi connectivity index (χ2n) is 5.75. The van der Waals surface area contributed by atoms with Gasteiger partial charge in [-0.1, -0.05) is 19.2 Å². The van der Waals surface area contributed by atoms with Crippen LogP contribution >= 0.6 is 0 Å². The van der Waals surface area contributed by atoms with Gasteiger partial charge < -0.3 is 10.8 Å². The number of rotatable bonds is 5. The molecule has 1 saturated heterocycles. The minimum absolute atomic E-state index is 0.229. The number of carboxylic acid groups (broad SMARTS) is 1. The molecule has 4 nitrogen and oxygen atoms in total. The van der Waals surface area contributed by atoms with E-state index in [2.05, 4.69) is 4.90 Å². The van der Waals surface area contributed by atoms with E-state index < -0.39 is 5.97 Å². The molecule has 1 aliphatic carbocycles. The van der Waals surface area contributed by atoms with Gasteiger partial charge in [0.05, 0.1) is 13.8 Å². The SMILES string of the molecule is [B]CCC[C@H]1CN(C2CCCC2N)C[C@H]1C(=O)O. The number of hydrogen-bond donors (Lipinski definition) is 2. The Bertz CT molecular complexity index is 301. The zero-order chi connectivity index (χ0) is 13.1. The largest absolute Gasteiger partial charge is 0.481 e. The summed E-state index contributed by atoms with van der Waals surface area (Å²) in [5.74, 6) is -0.644. The first-order valence-corrected chi connectivity index (χ1v) is 7.06. The Hall–Kier alpha value is -0.545. The molecule has 0 bridgehead atoms. The molecular formula is C13H23BN2O2. The fraction of sp³-hybridized carbons (Fsp3) is 0.923. The zero-order valence-electron chi connectivity index (χ0n) is 10.9. The van der Waals surface area contributed by atoms with Gasteiger partial charge in [-0.05, 0) is 25.2 Å². The van der Waals surface area contributed by atoms with Crippen LogP contribution in [0.15, 0.2) is 0 Å². The lowest BCUT2D eigenvalue weighted by Crippen LogP contribution is -2.43. The molecule has 0 aromatic heterocycles. The molecule has 2 fully saturated rings. The van der Waals surface area contributed by atoms with Crippen LogP contribution in [0.1, 0.15) is 32.1 Å². The summed E-state index contributed by atoms with van der Waals surface area (Å²) in [6, 6.07) is 0.627. The van der Waals surface area contributed by atoms with E-state index in [4.69, 9.17) is 13.6 Å². The first-order chi connectivity index (χ1) is 8.63. The van der Waals surface area contributed by atoms with Gasteiger partial charge in [-0.2, -0.15) is 0 Å². The third-order valence-corrected chi connectivity index (χ3v) is 4.57. The van der Waals surface area contributed by atoms with E-state index in [1.54, 1.807) is 0 Å². The van der Waals surface area contributed by atoms with Crippen molar-refractivity contribution < 1.29 is 9.90 Å². The first kappa shape index (κ1) is 13.9. The molecule has 5 heteroatoms. The second kappa shape index (κ2) is 6.07. The maximum atomic E-state index is 11.3. The zero-order valence-corrected chi connectivity index (χ0v) is 10.9. The standard InChI is InChI=1S/C13H23BN2O2/c14-6-2-3-9-7-16(8-10(9)13(17)18)12-5-1-4-11(12)15/h9-12H,1-8,15H2,(H,17,18)/t9-,10+,11?,12?/m0/s1. The quantitative estimate of drug-likeness (QED) is 0.710. The average molecular weight is 250 g/mol. The van der Waals surface area contributed by atoms with E-state index in [0.29, 0.717) is 18.9 Å². The van der Waals surface area contributed by atoms with Crippen molar-refractivity contribution in [2.75, 3.05) is 13.1 Å². The minimum atomic E-state index is -0.661. The van der Waals surface area contributed by atoms with Gasteiger partial charge in [0, 0.05) is 25.2 Å². The van der Waals surface area contributed by atoms with Crippen LogP contribution in [-0.4, -0.2) is 49.0 Å². The van der Waals surface area contributed by atoms with Crippen molar-refractivity contribution in [2.45, 2.75) is 50.5 Å². The second-order valence-corrected chi connectivity index (χ2v) is 5.75. The first-order valence-electron chi connectivity index (χ1n) is 7.06. The molecule has 0 spiro atoms. The highest BCUT2D eigenvalue weighted by molar-refractivity contribution is 6.08. The Labute approximate surface area is 110 Å². The van der Waals surface area contributed by atoms with E-state index in [0.717, 1.165) is 32.2 Å². The smallest absolute Gasteiger partial charge is 0.308 e. The van der Waals surface area contributed by atoms with Gasteiger partial charge in [0.1, 0.15) is 0 Å². The summed E-state index contributed by atoms with van der Waals surface area (Å²) >= 11 is 0. The molecular weight excluding hydrogens is 227 g/mol. The lowest BCUT2D eigenvalue weighted by atomic mass is 9.88. The molecule has 18 heavy (non-hydrogen) atoms. The van der Waals surface area contributed by atoms with Gasteiger partial charge in [-0.3, -0.25) is 9.69 Å². The Morgan fingerprint density at radius 1 is 1.39 bits per heavy atom. The lowest BCUT2D eigenvalue weighted by Gasteiger charge is -2.27. The highest BCUT2D eigenvalue weighted by atomic mass is 16.4. The lowest BCUT2D eigenvalue weighted by molar-refractivity contribution is -0.142. The molecule has 0 aromatic rings. The van der Waals surface area contributed by atoms with Crippen LogP contribution in [0.2, 0.25) is 6.32 Å². The number of nitrogens with two attached hydrogens (primary N) is 1. The fourth-order valence-electron chi connectivity index (χ4n) is 3.55. The van der Waals surface area contributed by atoms with E-state index in [1.165, 1.54) is 6.42 Å². The molecule has 4 atom stereocenters. The number of carbonyl (C=O) groups is 1. The molecule has 1 saturated carbocycles. The molecule has 0 amide bonds. The summed E-state index contributed by atoms with van der Waals surface area (Å²) in [6.45, 7) is 1.55. The monoisotopic (exact) mass is 250 g/mol. The fourth-order valence-corrected chi connectivity index (χ4v) is 3.55. The predicted molar refractivity (Wildman–Crippen MR) is 71.6 cm³/mol. The maximum Gasteiger partial charge on any atom is 0.308 e. The minimum Gasteiger partial charge on any atom is -0.481 e. The Morgan fingerprint density at radius 3 is 2.72 bits per heavy atom. The molecule has 3 N–H and O–H groups in total. The Kier molecular flexibility index (Phi) is 4.68. The van der Waals surface area contributed by atoms with Gasteiger partial charge in [-0.15, -0.1) is 0 Å². The van der Waals surface area contributed by atoms with Crippen molar-refractivity contribution in [1.82, 2.24) is 4.90 Å². The maximum absolute atomic E-state index is 11.3. The molecule has 2 rings (SSSR count). The normalized spacial score (nSPS) is 37.2. The molecule has 1 aliphatic heterocycles. The topological polar surface area (TPSA) is 66.6 Å². The molecule has 1 heterocycles. The van der Waals surface area contributed by atoms with Crippen LogP contribution in [0.3, 0.4) is 0 Å². The number of hydrogen-bond acceptors (Lipinski definition) is 3. The van der Waals surface area contributed by atoms with E-state index in [-0.39, 0.29) is 17.9 Å². The summed E-state index contributed by atoms with van der Waals surface area (Å²) < 4.78 is 0. The summed E-state index contributed by atoms with van der Waals surface area (Å²) in [7, 11) is 5.53. The van der Waals surface area contributed by atoms with Gasteiger partial charge in [0.25, 0.3) is 0 Å². The molecule has 2 aliphatic rings. The summed E-state index contributed by atoms with van der Waals surface area (Å²) in [6.07, 6.45) is 5.85. The van der Waals surface area contributed by atoms with Crippen molar-refractivity contribution in [3.63, 3.8) is 0 Å². The Morgan fingerprint density at radius 2 is 2.17 bits per heavy atom. The van der Waals surface area contributed by atoms with Crippen molar-refractivity contribution in [1.29, 1.82) is 0 Å². The van der Waals surface area contributed by atoms with Gasteiger partial charge in [-0.25, -0.2) is 0 Å². The van der Waals surface area contributed by atoms with Crippen LogP contribution in [0.25, 0.3) is 0 Å². The van der Waals surface area contributed by atoms with Gasteiger partial charge in [0.2, 0.25) is 0 Å². The summed E-state index contributed by atoms with van der Waals surface area (Å²) in [5, 5.41) is 9.32. The van der Waals surface area contributed by atoms with Crippen LogP contribution in [0.5, 0.6) is 0 Å². The third kappa shape index (κ3) is 2.89. The van der Waals surface area contributed by atoms with Crippen molar-refractivity contribution >= 4 is 13.8 Å². The van der Waals surface area contributed by atoms with Gasteiger partial charge >= 0.3 is 5.97 Å². The number of aliphatic carboxylic acids is 1. The Balaban J connectivity index is 1.97. The van der Waals surface area contributed by atoms with Crippen LogP contribution in [-0.2, 0) is 4.79 Å². The van der Waals surface area contributed by atoms with Crippen LogP contribution in [0, 0.1) is 11.8 Å². The van der Waals surface area contributed by atoms with E-state index in [9.17, 15) is 9.90 Å². The third-order valence-electron chi connectivity index (χ3n) is 4.57. The van der Waals surface area contributed by atoms with E-state index >= 15 is 0 Å². The van der Waals surface area contributed by atoms with E-state index in [1.807, 2.05) is 0 Å². The number of likely N-dealkylation sites (tertiary alicyclic amines) is 1. The summed E-state index contributed by atoms with van der Waals surface area (Å²) in [4.78, 5) is 13.6. The molecule has 2 unspecified atom stereocenters. The highest BCUT2D eigenvalue weighted by Gasteiger charge is 2.41. The predicted octanol–water partition coefficient (Wildman–Crippen LogP) is 0.866. The van der Waals surface area contributed by atoms with Gasteiger partial charge in [0.15, 0.2) is 0 Å². The molecule has 100 valence electrons. The van der Waals surface area contributed by atoms with Crippen molar-refractivity contribution in [3.05, 3.63) is 0 Å². The number of carboxylic acids is 1. The molecule has 2 radical (unpaired) electrons. The molecule has 0 aromatic carbocycles. The summed E-state index contributed by atoms with van der Waals surface area (Å²) in [5.41, 5.74) is 6.12.